The first kappa shape index (κ1) is 29.1. The van der Waals surface area contributed by atoms with E-state index in [1.165, 1.54) is 0 Å². The van der Waals surface area contributed by atoms with Crippen LogP contribution in [0.4, 0.5) is 0 Å². The minimum atomic E-state index is -0.971. The fourth-order valence-corrected chi connectivity index (χ4v) is 6.04. The van der Waals surface area contributed by atoms with E-state index in [1.54, 1.807) is 53.3 Å². The van der Waals surface area contributed by atoms with Crippen LogP contribution in [-0.2, 0) is 27.2 Å². The van der Waals surface area contributed by atoms with E-state index in [2.05, 4.69) is 0 Å². The summed E-state index contributed by atoms with van der Waals surface area (Å²) >= 11 is 6.37. The van der Waals surface area contributed by atoms with Crippen molar-refractivity contribution < 1.29 is 19.1 Å². The zero-order chi connectivity index (χ0) is 29.8. The molecule has 0 aliphatic carbocycles. The standard InChI is InChI=1S/C34H34ClN3O4/c1-22-17-18-37(30(33(36)40)21-25-9-5-8-24-7-3-4-12-29(24)25)34(41)32(26-10-6-11-27(35)20-26)38(22)31(39)19-23-13-15-28(42-2)16-14-23/h3-16,20,22,30,32H,17-19,21H2,1-2H3,(H2,36,40). The molecule has 4 aromatic rings. The van der Waals surface area contributed by atoms with Gasteiger partial charge in [-0.1, -0.05) is 78.3 Å². The van der Waals surface area contributed by atoms with Crippen LogP contribution in [0.15, 0.2) is 91.0 Å². The molecule has 0 bridgehead atoms. The predicted octanol–water partition coefficient (Wildman–Crippen LogP) is 5.33. The number of carbonyl (C=O) groups excluding carboxylic acids is 3. The molecule has 4 aromatic carbocycles. The van der Waals surface area contributed by atoms with Crippen LogP contribution < -0.4 is 10.5 Å². The second-order valence-electron chi connectivity index (χ2n) is 10.7. The normalized spacial score (nSPS) is 18.0. The van der Waals surface area contributed by atoms with Crippen molar-refractivity contribution >= 4 is 40.1 Å². The van der Waals surface area contributed by atoms with Crippen molar-refractivity contribution in [2.75, 3.05) is 13.7 Å². The zero-order valence-electron chi connectivity index (χ0n) is 23.7. The van der Waals surface area contributed by atoms with Crippen molar-refractivity contribution in [1.29, 1.82) is 0 Å². The summed E-state index contributed by atoms with van der Waals surface area (Å²) in [6, 6.07) is 26.0. The Balaban J connectivity index is 1.52. The molecule has 3 amide bonds. The number of hydrogen-bond acceptors (Lipinski definition) is 4. The van der Waals surface area contributed by atoms with E-state index in [1.807, 2.05) is 61.5 Å². The molecular weight excluding hydrogens is 550 g/mol. The number of primary amides is 1. The highest BCUT2D eigenvalue weighted by atomic mass is 35.5. The van der Waals surface area contributed by atoms with Gasteiger partial charge in [0.2, 0.25) is 11.8 Å². The molecule has 1 heterocycles. The van der Waals surface area contributed by atoms with Crippen molar-refractivity contribution in [3.8, 4) is 5.75 Å². The Hall–Kier alpha value is -4.36. The van der Waals surface area contributed by atoms with Crippen molar-refractivity contribution in [2.24, 2.45) is 5.73 Å². The smallest absolute Gasteiger partial charge is 0.250 e. The quantitative estimate of drug-likeness (QED) is 0.303. The van der Waals surface area contributed by atoms with Crippen LogP contribution in [0.3, 0.4) is 0 Å². The molecule has 1 aliphatic rings. The van der Waals surface area contributed by atoms with Gasteiger partial charge in [0.15, 0.2) is 0 Å². The van der Waals surface area contributed by atoms with Gasteiger partial charge in [0, 0.05) is 24.0 Å². The monoisotopic (exact) mass is 583 g/mol. The first-order chi connectivity index (χ1) is 20.3. The van der Waals surface area contributed by atoms with Crippen molar-refractivity contribution in [3.05, 3.63) is 113 Å². The van der Waals surface area contributed by atoms with Crippen LogP contribution in [0, 0.1) is 0 Å². The number of ether oxygens (including phenoxy) is 1. The zero-order valence-corrected chi connectivity index (χ0v) is 24.5. The highest BCUT2D eigenvalue weighted by Gasteiger charge is 2.43. The number of amides is 3. The van der Waals surface area contributed by atoms with Gasteiger partial charge < -0.3 is 20.3 Å². The number of hydrogen-bond donors (Lipinski definition) is 1. The number of rotatable bonds is 8. The summed E-state index contributed by atoms with van der Waals surface area (Å²) in [7, 11) is 1.59. The Bertz CT molecular complexity index is 1600. The molecule has 8 heteroatoms. The summed E-state index contributed by atoms with van der Waals surface area (Å²) in [6.07, 6.45) is 0.850. The van der Waals surface area contributed by atoms with Gasteiger partial charge in [0.05, 0.1) is 13.5 Å². The molecule has 0 aromatic heterocycles. The van der Waals surface area contributed by atoms with Gasteiger partial charge in [-0.15, -0.1) is 0 Å². The lowest BCUT2D eigenvalue weighted by Gasteiger charge is -2.36. The molecule has 7 nitrogen and oxygen atoms in total. The van der Waals surface area contributed by atoms with Gasteiger partial charge >= 0.3 is 0 Å². The van der Waals surface area contributed by atoms with Gasteiger partial charge in [-0.05, 0) is 65.1 Å². The van der Waals surface area contributed by atoms with E-state index in [4.69, 9.17) is 22.1 Å². The Kier molecular flexibility index (Phi) is 8.78. The molecule has 3 unspecified atom stereocenters. The minimum absolute atomic E-state index is 0.105. The number of carbonyl (C=O) groups is 3. The second kappa shape index (κ2) is 12.7. The topological polar surface area (TPSA) is 92.9 Å². The van der Waals surface area contributed by atoms with Gasteiger partial charge in [-0.25, -0.2) is 0 Å². The maximum absolute atomic E-state index is 14.5. The molecule has 0 saturated carbocycles. The van der Waals surface area contributed by atoms with Crippen molar-refractivity contribution in [2.45, 2.75) is 44.3 Å². The van der Waals surface area contributed by atoms with Crippen LogP contribution in [0.25, 0.3) is 10.8 Å². The van der Waals surface area contributed by atoms with E-state index < -0.39 is 18.0 Å². The number of halogens is 1. The van der Waals surface area contributed by atoms with Crippen LogP contribution in [0.2, 0.25) is 5.02 Å². The maximum atomic E-state index is 14.5. The summed E-state index contributed by atoms with van der Waals surface area (Å²) in [5.41, 5.74) is 8.30. The summed E-state index contributed by atoms with van der Waals surface area (Å²) in [5, 5.41) is 2.50. The third kappa shape index (κ3) is 6.11. The average molecular weight is 584 g/mol. The predicted molar refractivity (Wildman–Crippen MR) is 164 cm³/mol. The molecule has 3 atom stereocenters. The summed E-state index contributed by atoms with van der Waals surface area (Å²) in [4.78, 5) is 44.7. The molecule has 0 spiro atoms. The summed E-state index contributed by atoms with van der Waals surface area (Å²) in [6.45, 7) is 2.21. The first-order valence-electron chi connectivity index (χ1n) is 14.0. The molecule has 0 radical (unpaired) electrons. The minimum Gasteiger partial charge on any atom is -0.497 e. The molecular formula is C34H34ClN3O4. The first-order valence-corrected chi connectivity index (χ1v) is 14.4. The summed E-state index contributed by atoms with van der Waals surface area (Å²) < 4.78 is 5.25. The van der Waals surface area contributed by atoms with Gasteiger partial charge in [0.25, 0.3) is 5.91 Å². The van der Waals surface area contributed by atoms with Crippen LogP contribution in [0.5, 0.6) is 5.75 Å². The molecule has 1 saturated heterocycles. The number of nitrogens with two attached hydrogens (primary N) is 1. The fourth-order valence-electron chi connectivity index (χ4n) is 5.84. The molecule has 5 rings (SSSR count). The lowest BCUT2D eigenvalue weighted by Crippen LogP contribution is -2.52. The van der Waals surface area contributed by atoms with Crippen LogP contribution in [0.1, 0.15) is 36.1 Å². The second-order valence-corrected chi connectivity index (χ2v) is 11.1. The van der Waals surface area contributed by atoms with E-state index in [-0.39, 0.29) is 37.2 Å². The van der Waals surface area contributed by atoms with Gasteiger partial charge in [-0.2, -0.15) is 0 Å². The lowest BCUT2D eigenvalue weighted by molar-refractivity contribution is -0.148. The third-order valence-corrected chi connectivity index (χ3v) is 8.26. The van der Waals surface area contributed by atoms with E-state index >= 15 is 0 Å². The van der Waals surface area contributed by atoms with Crippen LogP contribution in [-0.4, -0.2) is 53.3 Å². The SMILES string of the molecule is COc1ccc(CC(=O)N2C(C)CCN(C(Cc3cccc4ccccc34)C(N)=O)C(=O)C2c2cccc(Cl)c2)cc1. The Morgan fingerprint density at radius 3 is 2.43 bits per heavy atom. The largest absolute Gasteiger partial charge is 0.497 e. The average Bonchev–Trinajstić information content (AvgIpc) is 3.11. The number of nitrogens with zero attached hydrogens (tertiary/aromatic N) is 2. The highest BCUT2D eigenvalue weighted by Crippen LogP contribution is 2.33. The van der Waals surface area contributed by atoms with Gasteiger partial charge in [-0.3, -0.25) is 14.4 Å². The number of methoxy groups -OCH3 is 1. The van der Waals surface area contributed by atoms with E-state index in [0.717, 1.165) is 21.9 Å². The Labute approximate surface area is 250 Å². The van der Waals surface area contributed by atoms with Gasteiger partial charge in [0.1, 0.15) is 17.8 Å². The van der Waals surface area contributed by atoms with Crippen molar-refractivity contribution in [3.63, 3.8) is 0 Å². The fraction of sp³-hybridized carbons (Fsp3) is 0.265. The molecule has 216 valence electrons. The molecule has 2 N–H and O–H groups in total. The molecule has 1 aliphatic heterocycles. The Morgan fingerprint density at radius 2 is 1.71 bits per heavy atom. The van der Waals surface area contributed by atoms with Crippen LogP contribution >= 0.6 is 11.6 Å². The highest BCUT2D eigenvalue weighted by molar-refractivity contribution is 6.30. The number of fused-ring (bicyclic) bond motifs is 1. The number of benzene rings is 4. The maximum Gasteiger partial charge on any atom is 0.250 e. The van der Waals surface area contributed by atoms with E-state index in [9.17, 15) is 14.4 Å². The summed E-state index contributed by atoms with van der Waals surface area (Å²) in [5.74, 6) is -0.446. The van der Waals surface area contributed by atoms with E-state index in [0.29, 0.717) is 22.8 Å². The van der Waals surface area contributed by atoms with Crippen molar-refractivity contribution in [1.82, 2.24) is 9.80 Å². The third-order valence-electron chi connectivity index (χ3n) is 8.02. The molecule has 42 heavy (non-hydrogen) atoms. The molecule has 1 fully saturated rings. The lowest BCUT2D eigenvalue weighted by atomic mass is 9.96. The Morgan fingerprint density at radius 1 is 1.00 bits per heavy atom.